The highest BCUT2D eigenvalue weighted by atomic mass is 28.5. The van der Waals surface area contributed by atoms with E-state index in [0.717, 1.165) is 12.0 Å². The van der Waals surface area contributed by atoms with Gasteiger partial charge in [0.2, 0.25) is 0 Å². The molecule has 1 rings (SSSR count). The normalized spacial score (nSPS) is 14.7. The summed E-state index contributed by atoms with van der Waals surface area (Å²) in [5, 5.41) is 10.0. The highest BCUT2D eigenvalue weighted by Crippen LogP contribution is 2.28. The van der Waals surface area contributed by atoms with Crippen LogP contribution >= 0.6 is 0 Å². The van der Waals surface area contributed by atoms with Crippen molar-refractivity contribution in [3.63, 3.8) is 0 Å². The van der Waals surface area contributed by atoms with Crippen LogP contribution < -0.4 is 0 Å². The van der Waals surface area contributed by atoms with Crippen LogP contribution in [0.25, 0.3) is 0 Å². The molecule has 166 valence electrons. The molecule has 0 spiro atoms. The Morgan fingerprint density at radius 3 is 1.97 bits per heavy atom. The van der Waals surface area contributed by atoms with E-state index in [4.69, 9.17) is 13.0 Å². The summed E-state index contributed by atoms with van der Waals surface area (Å²) in [7, 11) is -6.21. The van der Waals surface area contributed by atoms with Crippen molar-refractivity contribution in [2.75, 3.05) is 0 Å². The van der Waals surface area contributed by atoms with Crippen LogP contribution in [0.5, 0.6) is 0 Å². The lowest BCUT2D eigenvalue weighted by molar-refractivity contribution is 0.0486. The van der Waals surface area contributed by atoms with E-state index in [1.54, 1.807) is 12.1 Å². The number of carbonyl (C=O) groups is 1. The topological polar surface area (TPSA) is 65.0 Å². The Hall–Kier alpha value is -0.619. The lowest BCUT2D eigenvalue weighted by Crippen LogP contribution is -2.60. The highest BCUT2D eigenvalue weighted by Gasteiger charge is 2.47. The molecule has 5 nitrogen and oxygen atoms in total. The minimum Gasteiger partial charge on any atom is -0.435 e. The molecule has 8 heteroatoms. The maximum atomic E-state index is 12.4. The Balaban J connectivity index is 3.05. The number of aliphatic hydroxyl groups is 1. The summed E-state index contributed by atoms with van der Waals surface area (Å²) in [5.41, 5.74) is -0.110. The Labute approximate surface area is 180 Å². The summed E-state index contributed by atoms with van der Waals surface area (Å²) in [6.07, 6.45) is 0.806. The molecular formula is C21H40O5Si3. The molecule has 0 aliphatic carbocycles. The Morgan fingerprint density at radius 2 is 1.55 bits per heavy atom. The van der Waals surface area contributed by atoms with Gasteiger partial charge >= 0.3 is 8.56 Å². The second-order valence-corrected chi connectivity index (χ2v) is 23.0. The molecular weight excluding hydrogens is 416 g/mol. The van der Waals surface area contributed by atoms with E-state index in [-0.39, 0.29) is 11.5 Å². The van der Waals surface area contributed by atoms with E-state index in [1.807, 2.05) is 12.1 Å². The molecule has 0 aromatic heterocycles. The Morgan fingerprint density at radius 1 is 1.03 bits per heavy atom. The smallest absolute Gasteiger partial charge is 0.344 e. The van der Waals surface area contributed by atoms with Crippen molar-refractivity contribution < 1.29 is 22.9 Å². The van der Waals surface area contributed by atoms with Gasteiger partial charge in [0, 0.05) is 5.56 Å². The molecule has 0 aliphatic rings. The molecule has 1 unspecified atom stereocenters. The standard InChI is InChI=1S/C21H40O5Si3/c1-11-19(29(10,25-27(4,5)6)26-28(7,8)9)24-16-17-13-12-14-18(15-17)20(22)21(2,3)23/h12-15,19,23H,11,16H2,1-10H3. The average molecular weight is 457 g/mol. The number of ether oxygens (including phenoxy) is 1. The molecule has 0 aliphatic heterocycles. The first-order chi connectivity index (χ1) is 13.0. The van der Waals surface area contributed by atoms with Crippen molar-refractivity contribution in [1.29, 1.82) is 0 Å². The lowest BCUT2D eigenvalue weighted by Gasteiger charge is -2.42. The van der Waals surface area contributed by atoms with Crippen LogP contribution in [0.3, 0.4) is 0 Å². The van der Waals surface area contributed by atoms with Crippen molar-refractivity contribution in [3.8, 4) is 0 Å². The van der Waals surface area contributed by atoms with E-state index in [1.165, 1.54) is 13.8 Å². The van der Waals surface area contributed by atoms with Gasteiger partial charge in [0.15, 0.2) is 22.4 Å². The summed E-state index contributed by atoms with van der Waals surface area (Å²) in [6.45, 7) is 20.7. The molecule has 0 saturated carbocycles. The maximum Gasteiger partial charge on any atom is 0.344 e. The molecule has 0 saturated heterocycles. The van der Waals surface area contributed by atoms with E-state index < -0.39 is 30.8 Å². The molecule has 0 amide bonds. The third-order valence-corrected chi connectivity index (χ3v) is 14.1. The summed E-state index contributed by atoms with van der Waals surface area (Å²) >= 11 is 0. The first-order valence-electron chi connectivity index (χ1n) is 10.3. The van der Waals surface area contributed by atoms with Gasteiger partial charge in [-0.3, -0.25) is 4.79 Å². The number of carbonyl (C=O) groups excluding carboxylic acids is 1. The predicted molar refractivity (Wildman–Crippen MR) is 126 cm³/mol. The Kier molecular flexibility index (Phi) is 8.81. The van der Waals surface area contributed by atoms with Crippen LogP contribution in [0, 0.1) is 0 Å². The van der Waals surface area contributed by atoms with E-state index in [2.05, 4.69) is 52.8 Å². The van der Waals surface area contributed by atoms with Gasteiger partial charge in [-0.1, -0.05) is 25.1 Å². The lowest BCUT2D eigenvalue weighted by atomic mass is 9.96. The molecule has 29 heavy (non-hydrogen) atoms. The number of rotatable bonds is 11. The zero-order valence-electron chi connectivity index (χ0n) is 19.9. The fourth-order valence-corrected chi connectivity index (χ4v) is 15.8. The van der Waals surface area contributed by atoms with Crippen molar-refractivity contribution in [1.82, 2.24) is 0 Å². The summed E-state index contributed by atoms with van der Waals surface area (Å²) in [6, 6.07) is 7.28. The maximum absolute atomic E-state index is 12.4. The quantitative estimate of drug-likeness (QED) is 0.364. The fourth-order valence-electron chi connectivity index (χ4n) is 3.36. The number of benzene rings is 1. The van der Waals surface area contributed by atoms with E-state index in [9.17, 15) is 9.90 Å². The molecule has 1 aromatic rings. The van der Waals surface area contributed by atoms with Crippen LogP contribution in [0.1, 0.15) is 43.1 Å². The van der Waals surface area contributed by atoms with Crippen molar-refractivity contribution in [2.24, 2.45) is 0 Å². The second kappa shape index (κ2) is 9.67. The molecule has 1 atom stereocenters. The van der Waals surface area contributed by atoms with Crippen LogP contribution in [0.4, 0.5) is 0 Å². The Bertz CT molecular complexity index is 671. The minimum absolute atomic E-state index is 0.102. The van der Waals surface area contributed by atoms with E-state index >= 15 is 0 Å². The number of ketones is 1. The van der Waals surface area contributed by atoms with Gasteiger partial charge < -0.3 is 18.1 Å². The third-order valence-electron chi connectivity index (χ3n) is 4.17. The molecule has 1 N–H and O–H groups in total. The molecule has 1 aromatic carbocycles. The van der Waals surface area contributed by atoms with Gasteiger partial charge in [-0.05, 0) is 77.7 Å². The molecule has 0 heterocycles. The van der Waals surface area contributed by atoms with Gasteiger partial charge in [-0.15, -0.1) is 0 Å². The van der Waals surface area contributed by atoms with Crippen molar-refractivity contribution in [3.05, 3.63) is 35.4 Å². The van der Waals surface area contributed by atoms with Gasteiger partial charge in [0.1, 0.15) is 5.60 Å². The monoisotopic (exact) mass is 456 g/mol. The van der Waals surface area contributed by atoms with E-state index in [0.29, 0.717) is 12.2 Å². The SMILES string of the molecule is CCC(OCc1cccc(C(=O)C(C)(C)O)c1)[Si](C)(O[Si](C)(C)C)O[Si](C)(C)C. The van der Waals surface area contributed by atoms with Crippen molar-refractivity contribution >= 4 is 31.0 Å². The van der Waals surface area contributed by atoms with Crippen LogP contribution in [-0.2, 0) is 19.6 Å². The largest absolute Gasteiger partial charge is 0.435 e. The van der Waals surface area contributed by atoms with Crippen LogP contribution in [0.2, 0.25) is 45.8 Å². The minimum atomic E-state index is -2.57. The summed E-state index contributed by atoms with van der Waals surface area (Å²) in [4.78, 5) is 12.4. The van der Waals surface area contributed by atoms with Crippen LogP contribution in [-0.4, -0.2) is 47.4 Å². The number of hydrogen-bond donors (Lipinski definition) is 1. The molecule has 0 bridgehead atoms. The average Bonchev–Trinajstić information content (AvgIpc) is 2.50. The fraction of sp³-hybridized carbons (Fsp3) is 0.667. The van der Waals surface area contributed by atoms with Crippen LogP contribution in [0.15, 0.2) is 24.3 Å². The predicted octanol–water partition coefficient (Wildman–Crippen LogP) is 5.25. The zero-order chi connectivity index (χ0) is 22.7. The first-order valence-corrected chi connectivity index (χ1v) is 19.6. The van der Waals surface area contributed by atoms with Gasteiger partial charge in [-0.25, -0.2) is 0 Å². The summed E-state index contributed by atoms with van der Waals surface area (Å²) in [5.74, 6) is -0.297. The molecule has 0 fully saturated rings. The van der Waals surface area contributed by atoms with Gasteiger partial charge in [0.25, 0.3) is 0 Å². The highest BCUT2D eigenvalue weighted by molar-refractivity contribution is 6.88. The van der Waals surface area contributed by atoms with Gasteiger partial charge in [-0.2, -0.15) is 0 Å². The van der Waals surface area contributed by atoms with Crippen molar-refractivity contribution in [2.45, 2.75) is 91.0 Å². The summed E-state index contributed by atoms with van der Waals surface area (Å²) < 4.78 is 19.6. The molecule has 0 radical (unpaired) electrons. The second-order valence-electron chi connectivity index (χ2n) is 10.2. The van der Waals surface area contributed by atoms with Gasteiger partial charge in [0.05, 0.1) is 12.3 Å². The zero-order valence-corrected chi connectivity index (χ0v) is 22.9. The number of hydrogen-bond acceptors (Lipinski definition) is 5. The number of Topliss-reactive ketones (excluding diaryl/α,β-unsaturated/α-hetero) is 1. The first kappa shape index (κ1) is 26.4. The third kappa shape index (κ3) is 8.95.